The molecule has 0 aromatic heterocycles. The lowest BCUT2D eigenvalue weighted by molar-refractivity contribution is -0.140. The molecule has 84 valence electrons. The Hall–Kier alpha value is -1.14. The van der Waals surface area contributed by atoms with E-state index in [-0.39, 0.29) is 5.56 Å². The minimum atomic E-state index is -4.75. The summed E-state index contributed by atoms with van der Waals surface area (Å²) in [5.74, 6) is -1.42. The summed E-state index contributed by atoms with van der Waals surface area (Å²) in [5, 5.41) is 8.63. The molecule has 3 N–H and O–H groups in total. The SMILES string of the molecule is N[C@@H](CO)c1cccc(C(F)(F)F)c1F. The van der Waals surface area contributed by atoms with Gasteiger partial charge in [-0.3, -0.25) is 0 Å². The summed E-state index contributed by atoms with van der Waals surface area (Å²) in [4.78, 5) is 0. The molecule has 0 amide bonds. The molecule has 0 aliphatic heterocycles. The van der Waals surface area contributed by atoms with E-state index in [1.807, 2.05) is 0 Å². The zero-order chi connectivity index (χ0) is 11.6. The van der Waals surface area contributed by atoms with Gasteiger partial charge in [0.05, 0.1) is 18.2 Å². The molecule has 0 saturated heterocycles. The summed E-state index contributed by atoms with van der Waals surface area (Å²) in [5.41, 5.74) is 3.54. The van der Waals surface area contributed by atoms with Crippen molar-refractivity contribution in [3.05, 3.63) is 35.1 Å². The smallest absolute Gasteiger partial charge is 0.394 e. The lowest BCUT2D eigenvalue weighted by atomic mass is 10.0. The van der Waals surface area contributed by atoms with Gasteiger partial charge in [-0.25, -0.2) is 4.39 Å². The normalized spacial score (nSPS) is 14.0. The average molecular weight is 223 g/mol. The highest BCUT2D eigenvalue weighted by molar-refractivity contribution is 5.30. The van der Waals surface area contributed by atoms with Crippen LogP contribution in [-0.2, 0) is 6.18 Å². The highest BCUT2D eigenvalue weighted by atomic mass is 19.4. The van der Waals surface area contributed by atoms with Gasteiger partial charge in [0.2, 0.25) is 0 Å². The third-order valence-corrected chi connectivity index (χ3v) is 1.93. The monoisotopic (exact) mass is 223 g/mol. The van der Waals surface area contributed by atoms with E-state index in [0.29, 0.717) is 6.07 Å². The van der Waals surface area contributed by atoms with Crippen molar-refractivity contribution in [2.45, 2.75) is 12.2 Å². The number of rotatable bonds is 2. The molecular weight excluding hydrogens is 214 g/mol. The van der Waals surface area contributed by atoms with Crippen molar-refractivity contribution in [2.24, 2.45) is 5.73 Å². The molecule has 0 bridgehead atoms. The fraction of sp³-hybridized carbons (Fsp3) is 0.333. The van der Waals surface area contributed by atoms with Crippen molar-refractivity contribution in [2.75, 3.05) is 6.61 Å². The van der Waals surface area contributed by atoms with Crippen molar-refractivity contribution in [1.82, 2.24) is 0 Å². The molecule has 1 aromatic rings. The first kappa shape index (κ1) is 11.9. The number of aliphatic hydroxyl groups is 1. The first-order chi connectivity index (χ1) is 6.88. The van der Waals surface area contributed by atoms with Crippen LogP contribution in [0.1, 0.15) is 17.2 Å². The molecule has 1 aromatic carbocycles. The Balaban J connectivity index is 3.23. The maximum Gasteiger partial charge on any atom is 0.419 e. The van der Waals surface area contributed by atoms with Crippen molar-refractivity contribution in [3.63, 3.8) is 0 Å². The molecule has 0 radical (unpaired) electrons. The van der Waals surface area contributed by atoms with Gasteiger partial charge in [0, 0.05) is 5.56 Å². The van der Waals surface area contributed by atoms with Gasteiger partial charge < -0.3 is 10.8 Å². The number of nitrogens with two attached hydrogens (primary N) is 1. The van der Waals surface area contributed by atoms with Gasteiger partial charge in [-0.15, -0.1) is 0 Å². The molecule has 0 saturated carbocycles. The van der Waals surface area contributed by atoms with Crippen LogP contribution in [-0.4, -0.2) is 11.7 Å². The second kappa shape index (κ2) is 4.16. The molecule has 0 aliphatic carbocycles. The maximum atomic E-state index is 13.3. The highest BCUT2D eigenvalue weighted by Crippen LogP contribution is 2.33. The largest absolute Gasteiger partial charge is 0.419 e. The Morgan fingerprint density at radius 1 is 1.33 bits per heavy atom. The predicted molar refractivity (Wildman–Crippen MR) is 45.4 cm³/mol. The van der Waals surface area contributed by atoms with Crippen LogP contribution in [0.2, 0.25) is 0 Å². The summed E-state index contributed by atoms with van der Waals surface area (Å²) < 4.78 is 50.1. The third-order valence-electron chi connectivity index (χ3n) is 1.93. The molecule has 0 aliphatic rings. The van der Waals surface area contributed by atoms with Crippen molar-refractivity contribution >= 4 is 0 Å². The average Bonchev–Trinajstić information content (AvgIpc) is 2.15. The summed E-state index contributed by atoms with van der Waals surface area (Å²) in [6.07, 6.45) is -4.75. The molecule has 0 heterocycles. The van der Waals surface area contributed by atoms with Crippen LogP contribution in [0.4, 0.5) is 17.6 Å². The molecule has 1 atom stereocenters. The Bertz CT molecular complexity index is 350. The maximum absolute atomic E-state index is 13.3. The molecular formula is C9H9F4NO. The number of benzene rings is 1. The molecule has 6 heteroatoms. The fourth-order valence-corrected chi connectivity index (χ4v) is 1.15. The van der Waals surface area contributed by atoms with Gasteiger partial charge in [0.15, 0.2) is 0 Å². The van der Waals surface area contributed by atoms with Crippen molar-refractivity contribution in [1.29, 1.82) is 0 Å². The lowest BCUT2D eigenvalue weighted by Crippen LogP contribution is -2.18. The zero-order valence-electron chi connectivity index (χ0n) is 7.55. The van der Waals surface area contributed by atoms with Gasteiger partial charge in [0.25, 0.3) is 0 Å². The van der Waals surface area contributed by atoms with Crippen LogP contribution in [0, 0.1) is 5.82 Å². The summed E-state index contributed by atoms with van der Waals surface area (Å²) >= 11 is 0. The molecule has 0 unspecified atom stereocenters. The van der Waals surface area contributed by atoms with Crippen molar-refractivity contribution in [3.8, 4) is 0 Å². The molecule has 0 fully saturated rings. The Labute approximate surface area is 83.3 Å². The summed E-state index contributed by atoms with van der Waals surface area (Å²) in [6, 6.07) is 1.65. The minimum absolute atomic E-state index is 0.340. The minimum Gasteiger partial charge on any atom is -0.394 e. The topological polar surface area (TPSA) is 46.2 Å². The number of aliphatic hydroxyl groups excluding tert-OH is 1. The highest BCUT2D eigenvalue weighted by Gasteiger charge is 2.35. The number of halogens is 4. The van der Waals surface area contributed by atoms with Crippen LogP contribution in [0.25, 0.3) is 0 Å². The Morgan fingerprint density at radius 2 is 1.93 bits per heavy atom. The molecule has 1 rings (SSSR count). The first-order valence-electron chi connectivity index (χ1n) is 4.10. The first-order valence-corrected chi connectivity index (χ1v) is 4.10. The van der Waals surface area contributed by atoms with E-state index in [1.165, 1.54) is 0 Å². The van der Waals surface area contributed by atoms with Crippen molar-refractivity contribution < 1.29 is 22.7 Å². The third kappa shape index (κ3) is 2.45. The van der Waals surface area contributed by atoms with Gasteiger partial charge in [-0.05, 0) is 6.07 Å². The van der Waals surface area contributed by atoms with Crippen LogP contribution in [0.5, 0.6) is 0 Å². The van der Waals surface area contributed by atoms with E-state index in [0.717, 1.165) is 12.1 Å². The Kier molecular flexibility index (Phi) is 3.31. The van der Waals surface area contributed by atoms with Crippen LogP contribution >= 0.6 is 0 Å². The van der Waals surface area contributed by atoms with E-state index in [1.54, 1.807) is 0 Å². The number of hydrogen-bond acceptors (Lipinski definition) is 2. The summed E-state index contributed by atoms with van der Waals surface area (Å²) in [6.45, 7) is -0.613. The Morgan fingerprint density at radius 3 is 2.40 bits per heavy atom. The van der Waals surface area contributed by atoms with Gasteiger partial charge in [-0.2, -0.15) is 13.2 Å². The van der Waals surface area contributed by atoms with Crippen LogP contribution < -0.4 is 5.73 Å². The van der Waals surface area contributed by atoms with Crippen LogP contribution in [0.3, 0.4) is 0 Å². The fourth-order valence-electron chi connectivity index (χ4n) is 1.15. The van der Waals surface area contributed by atoms with Crippen LogP contribution in [0.15, 0.2) is 18.2 Å². The van der Waals surface area contributed by atoms with Gasteiger partial charge >= 0.3 is 6.18 Å². The molecule has 2 nitrogen and oxygen atoms in total. The van der Waals surface area contributed by atoms with E-state index in [9.17, 15) is 17.6 Å². The molecule has 15 heavy (non-hydrogen) atoms. The van der Waals surface area contributed by atoms with E-state index >= 15 is 0 Å². The number of hydrogen-bond donors (Lipinski definition) is 2. The number of alkyl halides is 3. The van der Waals surface area contributed by atoms with E-state index < -0.39 is 30.2 Å². The predicted octanol–water partition coefficient (Wildman–Crippen LogP) is 1.84. The summed E-state index contributed by atoms with van der Waals surface area (Å²) in [7, 11) is 0. The lowest BCUT2D eigenvalue weighted by Gasteiger charge is -2.14. The standard InChI is InChI=1S/C9H9F4NO/c10-8-5(7(14)4-15)2-1-3-6(8)9(11,12)13/h1-3,7,15H,4,14H2/t7-/m0/s1. The zero-order valence-corrected chi connectivity index (χ0v) is 7.55. The van der Waals surface area contributed by atoms with Gasteiger partial charge in [-0.1, -0.05) is 12.1 Å². The second-order valence-corrected chi connectivity index (χ2v) is 3.00. The quantitative estimate of drug-likeness (QED) is 0.751. The van der Waals surface area contributed by atoms with E-state index in [4.69, 9.17) is 10.8 Å². The second-order valence-electron chi connectivity index (χ2n) is 3.00. The molecule has 0 spiro atoms. The van der Waals surface area contributed by atoms with E-state index in [2.05, 4.69) is 0 Å². The van der Waals surface area contributed by atoms with Gasteiger partial charge in [0.1, 0.15) is 5.82 Å².